The standard InChI is InChI=1S/C15H24N2O2/c1-4-11-19-14-9-7-13(8-10-14)16-12-15(18)17(5-2)6-3/h7-10,16H,4-6,11-12H2,1-3H3. The van der Waals surface area contributed by atoms with Crippen LogP contribution in [0.3, 0.4) is 0 Å². The number of hydrogen-bond acceptors (Lipinski definition) is 3. The van der Waals surface area contributed by atoms with Crippen LogP contribution in [0.5, 0.6) is 5.75 Å². The van der Waals surface area contributed by atoms with Crippen LogP contribution in [-0.4, -0.2) is 37.0 Å². The molecule has 0 aliphatic rings. The molecule has 19 heavy (non-hydrogen) atoms. The lowest BCUT2D eigenvalue weighted by Crippen LogP contribution is -2.35. The molecule has 0 aromatic heterocycles. The Morgan fingerprint density at radius 1 is 1.16 bits per heavy atom. The van der Waals surface area contributed by atoms with Crippen LogP contribution in [0, 0.1) is 0 Å². The lowest BCUT2D eigenvalue weighted by atomic mass is 10.3. The summed E-state index contributed by atoms with van der Waals surface area (Å²) in [5.41, 5.74) is 0.935. The second kappa shape index (κ2) is 8.40. The molecule has 1 aromatic rings. The van der Waals surface area contributed by atoms with Gasteiger partial charge in [-0.15, -0.1) is 0 Å². The van der Waals surface area contributed by atoms with Gasteiger partial charge in [0, 0.05) is 18.8 Å². The van der Waals surface area contributed by atoms with Gasteiger partial charge in [0.25, 0.3) is 0 Å². The lowest BCUT2D eigenvalue weighted by molar-refractivity contribution is -0.128. The van der Waals surface area contributed by atoms with Gasteiger partial charge in [-0.2, -0.15) is 0 Å². The number of hydrogen-bond donors (Lipinski definition) is 1. The Morgan fingerprint density at radius 3 is 2.32 bits per heavy atom. The number of anilines is 1. The summed E-state index contributed by atoms with van der Waals surface area (Å²) in [5.74, 6) is 0.985. The summed E-state index contributed by atoms with van der Waals surface area (Å²) in [6.07, 6.45) is 0.998. The molecule has 0 fully saturated rings. The molecular formula is C15H24N2O2. The van der Waals surface area contributed by atoms with Crippen molar-refractivity contribution in [1.29, 1.82) is 0 Å². The molecule has 0 atom stereocenters. The first kappa shape index (κ1) is 15.3. The fourth-order valence-corrected chi connectivity index (χ4v) is 1.75. The zero-order chi connectivity index (χ0) is 14.1. The molecule has 0 aliphatic carbocycles. The fraction of sp³-hybridized carbons (Fsp3) is 0.533. The highest BCUT2D eigenvalue weighted by molar-refractivity contribution is 5.80. The van der Waals surface area contributed by atoms with E-state index in [1.807, 2.05) is 43.0 Å². The van der Waals surface area contributed by atoms with E-state index in [1.54, 1.807) is 0 Å². The predicted molar refractivity (Wildman–Crippen MR) is 78.6 cm³/mol. The molecule has 0 saturated heterocycles. The molecule has 1 amide bonds. The second-order valence-electron chi connectivity index (χ2n) is 4.29. The van der Waals surface area contributed by atoms with E-state index in [9.17, 15) is 4.79 Å². The lowest BCUT2D eigenvalue weighted by Gasteiger charge is -2.19. The molecule has 1 aromatic carbocycles. The number of rotatable bonds is 8. The second-order valence-corrected chi connectivity index (χ2v) is 4.29. The van der Waals surface area contributed by atoms with Gasteiger partial charge in [-0.05, 0) is 44.5 Å². The van der Waals surface area contributed by atoms with Crippen molar-refractivity contribution in [2.75, 3.05) is 31.6 Å². The van der Waals surface area contributed by atoms with Crippen molar-refractivity contribution in [1.82, 2.24) is 4.90 Å². The van der Waals surface area contributed by atoms with Gasteiger partial charge in [-0.25, -0.2) is 0 Å². The number of carbonyl (C=O) groups is 1. The maximum Gasteiger partial charge on any atom is 0.241 e. The summed E-state index contributed by atoms with van der Waals surface area (Å²) in [6, 6.07) is 7.70. The Labute approximate surface area is 115 Å². The van der Waals surface area contributed by atoms with Crippen LogP contribution in [0.15, 0.2) is 24.3 Å². The summed E-state index contributed by atoms with van der Waals surface area (Å²) in [4.78, 5) is 13.6. The van der Waals surface area contributed by atoms with Crippen LogP contribution >= 0.6 is 0 Å². The molecule has 0 radical (unpaired) electrons. The predicted octanol–water partition coefficient (Wildman–Crippen LogP) is 2.76. The van der Waals surface area contributed by atoms with Crippen LogP contribution in [0.4, 0.5) is 5.69 Å². The van der Waals surface area contributed by atoms with Crippen LogP contribution in [-0.2, 0) is 4.79 Å². The number of nitrogens with one attached hydrogen (secondary N) is 1. The molecule has 4 nitrogen and oxygen atoms in total. The monoisotopic (exact) mass is 264 g/mol. The van der Waals surface area contributed by atoms with E-state index in [-0.39, 0.29) is 5.91 Å². The number of likely N-dealkylation sites (N-methyl/N-ethyl adjacent to an activating group) is 1. The first-order valence-corrected chi connectivity index (χ1v) is 6.95. The van der Waals surface area contributed by atoms with E-state index in [0.29, 0.717) is 6.54 Å². The summed E-state index contributed by atoms with van der Waals surface area (Å²) in [7, 11) is 0. The van der Waals surface area contributed by atoms with E-state index < -0.39 is 0 Å². The van der Waals surface area contributed by atoms with E-state index in [4.69, 9.17) is 4.74 Å². The molecule has 0 spiro atoms. The third-order valence-electron chi connectivity index (χ3n) is 2.89. The normalized spacial score (nSPS) is 10.1. The smallest absolute Gasteiger partial charge is 0.241 e. The van der Waals surface area contributed by atoms with Gasteiger partial charge in [0.1, 0.15) is 5.75 Å². The Balaban J connectivity index is 2.43. The van der Waals surface area contributed by atoms with E-state index in [0.717, 1.165) is 37.6 Å². The van der Waals surface area contributed by atoms with Crippen molar-refractivity contribution in [2.24, 2.45) is 0 Å². The number of amides is 1. The van der Waals surface area contributed by atoms with E-state index in [2.05, 4.69) is 12.2 Å². The van der Waals surface area contributed by atoms with Gasteiger partial charge in [0.2, 0.25) is 5.91 Å². The topological polar surface area (TPSA) is 41.6 Å². The minimum absolute atomic E-state index is 0.122. The Bertz CT molecular complexity index is 372. The van der Waals surface area contributed by atoms with Gasteiger partial charge in [0.05, 0.1) is 13.2 Å². The average molecular weight is 264 g/mol. The quantitative estimate of drug-likeness (QED) is 0.785. The van der Waals surface area contributed by atoms with Crippen molar-refractivity contribution < 1.29 is 9.53 Å². The van der Waals surface area contributed by atoms with Gasteiger partial charge in [-0.3, -0.25) is 4.79 Å². The molecule has 0 heterocycles. The Kier molecular flexibility index (Phi) is 6.79. The average Bonchev–Trinajstić information content (AvgIpc) is 2.45. The zero-order valence-electron chi connectivity index (χ0n) is 12.1. The first-order chi connectivity index (χ1) is 9.21. The third-order valence-corrected chi connectivity index (χ3v) is 2.89. The minimum atomic E-state index is 0.122. The highest BCUT2D eigenvalue weighted by Crippen LogP contribution is 2.15. The van der Waals surface area contributed by atoms with E-state index in [1.165, 1.54) is 0 Å². The Hall–Kier alpha value is -1.71. The number of ether oxygens (including phenoxy) is 1. The molecule has 4 heteroatoms. The molecule has 106 valence electrons. The van der Waals surface area contributed by atoms with Crippen molar-refractivity contribution >= 4 is 11.6 Å². The highest BCUT2D eigenvalue weighted by Gasteiger charge is 2.08. The van der Waals surface area contributed by atoms with Crippen LogP contribution < -0.4 is 10.1 Å². The molecule has 1 rings (SSSR count). The summed E-state index contributed by atoms with van der Waals surface area (Å²) in [6.45, 7) is 8.61. The third kappa shape index (κ3) is 5.20. The first-order valence-electron chi connectivity index (χ1n) is 6.95. The van der Waals surface area contributed by atoms with Crippen molar-refractivity contribution in [3.05, 3.63) is 24.3 Å². The summed E-state index contributed by atoms with van der Waals surface area (Å²) in [5, 5.41) is 3.13. The van der Waals surface area contributed by atoms with Crippen LogP contribution in [0.1, 0.15) is 27.2 Å². The van der Waals surface area contributed by atoms with Crippen LogP contribution in [0.25, 0.3) is 0 Å². The van der Waals surface area contributed by atoms with Gasteiger partial charge < -0.3 is 15.0 Å². The van der Waals surface area contributed by atoms with E-state index >= 15 is 0 Å². The molecule has 0 unspecified atom stereocenters. The van der Waals surface area contributed by atoms with Gasteiger partial charge in [0.15, 0.2) is 0 Å². The maximum atomic E-state index is 11.8. The molecule has 1 N–H and O–H groups in total. The van der Waals surface area contributed by atoms with Crippen molar-refractivity contribution in [3.63, 3.8) is 0 Å². The molecule has 0 saturated carbocycles. The van der Waals surface area contributed by atoms with Crippen molar-refractivity contribution in [3.8, 4) is 5.75 Å². The summed E-state index contributed by atoms with van der Waals surface area (Å²) >= 11 is 0. The maximum absolute atomic E-state index is 11.8. The minimum Gasteiger partial charge on any atom is -0.494 e. The largest absolute Gasteiger partial charge is 0.494 e. The Morgan fingerprint density at radius 2 is 1.79 bits per heavy atom. The molecule has 0 aliphatic heterocycles. The molecule has 0 bridgehead atoms. The fourth-order valence-electron chi connectivity index (χ4n) is 1.75. The number of nitrogens with zero attached hydrogens (tertiary/aromatic N) is 1. The zero-order valence-corrected chi connectivity index (χ0v) is 12.1. The molecular weight excluding hydrogens is 240 g/mol. The SMILES string of the molecule is CCCOc1ccc(NCC(=O)N(CC)CC)cc1. The summed E-state index contributed by atoms with van der Waals surface area (Å²) < 4.78 is 5.51. The van der Waals surface area contributed by atoms with Crippen molar-refractivity contribution in [2.45, 2.75) is 27.2 Å². The highest BCUT2D eigenvalue weighted by atomic mass is 16.5. The van der Waals surface area contributed by atoms with Gasteiger partial charge in [-0.1, -0.05) is 6.92 Å². The number of carbonyl (C=O) groups excluding carboxylic acids is 1. The van der Waals surface area contributed by atoms with Gasteiger partial charge >= 0.3 is 0 Å². The number of benzene rings is 1. The van der Waals surface area contributed by atoms with Crippen LogP contribution in [0.2, 0.25) is 0 Å².